The van der Waals surface area contributed by atoms with Crippen LogP contribution in [0.4, 0.5) is 5.82 Å². The molecule has 2 heterocycles. The maximum Gasteiger partial charge on any atom is 0.231 e. The first-order chi connectivity index (χ1) is 10.7. The van der Waals surface area contributed by atoms with Crippen LogP contribution in [0.1, 0.15) is 12.8 Å². The molecule has 4 rings (SSSR count). The normalized spacial score (nSPS) is 15.7. The number of ether oxygens (including phenoxy) is 2. The monoisotopic (exact) mass is 361 g/mol. The predicted molar refractivity (Wildman–Crippen MR) is 82.6 cm³/mol. The number of hydrogen-bond acceptors (Lipinski definition) is 5. The quantitative estimate of drug-likeness (QED) is 0.909. The number of carbonyl (C=O) groups excluding carboxylic acids is 1. The van der Waals surface area contributed by atoms with E-state index in [1.807, 2.05) is 18.2 Å². The van der Waals surface area contributed by atoms with Gasteiger partial charge in [-0.15, -0.1) is 0 Å². The topological polar surface area (TPSA) is 73.3 Å². The minimum atomic E-state index is -0.00128. The largest absolute Gasteiger partial charge is 0.454 e. The molecule has 1 amide bonds. The van der Waals surface area contributed by atoms with Gasteiger partial charge in [0.2, 0.25) is 12.7 Å². The second-order valence-electron chi connectivity index (χ2n) is 5.22. The molecule has 0 bridgehead atoms. The summed E-state index contributed by atoms with van der Waals surface area (Å²) in [5.74, 6) is 1.93. The number of fused-ring (bicyclic) bond motifs is 1. The Morgan fingerprint density at radius 2 is 2.09 bits per heavy atom. The van der Waals surface area contributed by atoms with Crippen molar-refractivity contribution < 1.29 is 14.3 Å². The van der Waals surface area contributed by atoms with Crippen molar-refractivity contribution in [2.45, 2.75) is 12.8 Å². The van der Waals surface area contributed by atoms with E-state index >= 15 is 0 Å². The third kappa shape index (κ3) is 2.52. The second-order valence-corrected chi connectivity index (χ2v) is 6.03. The molecule has 7 heteroatoms. The van der Waals surface area contributed by atoms with Crippen molar-refractivity contribution in [3.8, 4) is 22.8 Å². The van der Waals surface area contributed by atoms with Gasteiger partial charge in [0.15, 0.2) is 17.3 Å². The molecule has 1 fully saturated rings. The van der Waals surface area contributed by atoms with E-state index in [-0.39, 0.29) is 18.6 Å². The summed E-state index contributed by atoms with van der Waals surface area (Å²) in [6.45, 7) is 0.216. The number of anilines is 1. The second kappa shape index (κ2) is 5.24. The van der Waals surface area contributed by atoms with Gasteiger partial charge in [0.1, 0.15) is 10.3 Å². The highest BCUT2D eigenvalue weighted by atomic mass is 79.9. The molecular weight excluding hydrogens is 350 g/mol. The van der Waals surface area contributed by atoms with Gasteiger partial charge in [0.25, 0.3) is 0 Å². The predicted octanol–water partition coefficient (Wildman–Crippen LogP) is 2.98. The van der Waals surface area contributed by atoms with Crippen molar-refractivity contribution in [1.29, 1.82) is 0 Å². The molecule has 112 valence electrons. The summed E-state index contributed by atoms with van der Waals surface area (Å²) in [4.78, 5) is 20.7. The van der Waals surface area contributed by atoms with Gasteiger partial charge in [0, 0.05) is 11.5 Å². The van der Waals surface area contributed by atoms with Crippen LogP contribution in [-0.4, -0.2) is 22.7 Å². The van der Waals surface area contributed by atoms with Crippen molar-refractivity contribution in [2.24, 2.45) is 5.92 Å². The summed E-state index contributed by atoms with van der Waals surface area (Å²) in [7, 11) is 0. The summed E-state index contributed by atoms with van der Waals surface area (Å²) in [6, 6.07) is 5.54. The van der Waals surface area contributed by atoms with Crippen molar-refractivity contribution in [3.63, 3.8) is 0 Å². The van der Waals surface area contributed by atoms with Gasteiger partial charge < -0.3 is 14.8 Å². The lowest BCUT2D eigenvalue weighted by atomic mass is 10.1. The molecular formula is C15H12BrN3O3. The lowest BCUT2D eigenvalue weighted by molar-refractivity contribution is -0.117. The van der Waals surface area contributed by atoms with Crippen LogP contribution in [0.3, 0.4) is 0 Å². The molecule has 2 aromatic rings. The molecule has 0 spiro atoms. The molecule has 1 N–H and O–H groups in total. The van der Waals surface area contributed by atoms with Gasteiger partial charge in [-0.05, 0) is 47.0 Å². The number of hydrogen-bond donors (Lipinski definition) is 1. The minimum absolute atomic E-state index is 0.00128. The van der Waals surface area contributed by atoms with Crippen molar-refractivity contribution in [1.82, 2.24) is 9.97 Å². The maximum atomic E-state index is 12.0. The molecule has 2 aliphatic rings. The van der Waals surface area contributed by atoms with Crippen LogP contribution >= 0.6 is 15.9 Å². The number of carbonyl (C=O) groups is 1. The SMILES string of the molecule is O=C(Nc1ncc(Br)nc1-c1ccc2c(c1)OCO2)C1CC1. The van der Waals surface area contributed by atoms with Gasteiger partial charge in [0.05, 0.1) is 6.20 Å². The van der Waals surface area contributed by atoms with Gasteiger partial charge in [-0.1, -0.05) is 0 Å². The molecule has 22 heavy (non-hydrogen) atoms. The summed E-state index contributed by atoms with van der Waals surface area (Å²) in [5, 5.41) is 2.86. The fraction of sp³-hybridized carbons (Fsp3) is 0.267. The average Bonchev–Trinajstić information content (AvgIpc) is 3.27. The minimum Gasteiger partial charge on any atom is -0.454 e. The summed E-state index contributed by atoms with van der Waals surface area (Å²) in [6.07, 6.45) is 3.45. The first-order valence-corrected chi connectivity index (χ1v) is 7.73. The molecule has 1 aromatic heterocycles. The maximum absolute atomic E-state index is 12.0. The molecule has 0 radical (unpaired) electrons. The van der Waals surface area contributed by atoms with E-state index in [1.54, 1.807) is 6.20 Å². The third-order valence-corrected chi connectivity index (χ3v) is 3.96. The number of nitrogens with zero attached hydrogens (tertiary/aromatic N) is 2. The summed E-state index contributed by atoms with van der Waals surface area (Å²) < 4.78 is 11.3. The Kier molecular flexibility index (Phi) is 3.22. The fourth-order valence-electron chi connectivity index (χ4n) is 2.27. The summed E-state index contributed by atoms with van der Waals surface area (Å²) >= 11 is 3.32. The average molecular weight is 362 g/mol. The fourth-order valence-corrected chi connectivity index (χ4v) is 2.55. The molecule has 6 nitrogen and oxygen atoms in total. The molecule has 1 aromatic carbocycles. The molecule has 1 aliphatic heterocycles. The van der Waals surface area contributed by atoms with Gasteiger partial charge >= 0.3 is 0 Å². The molecule has 1 saturated carbocycles. The van der Waals surface area contributed by atoms with Crippen molar-refractivity contribution in [2.75, 3.05) is 12.1 Å². The lowest BCUT2D eigenvalue weighted by Crippen LogP contribution is -2.15. The first-order valence-electron chi connectivity index (χ1n) is 6.94. The van der Waals surface area contributed by atoms with Gasteiger partial charge in [-0.2, -0.15) is 0 Å². The van der Waals surface area contributed by atoms with Crippen molar-refractivity contribution in [3.05, 3.63) is 29.0 Å². The highest BCUT2D eigenvalue weighted by Crippen LogP contribution is 2.37. The Bertz CT molecular complexity index is 762. The van der Waals surface area contributed by atoms with Crippen LogP contribution in [0.2, 0.25) is 0 Å². The number of aromatic nitrogens is 2. The molecule has 0 unspecified atom stereocenters. The van der Waals surface area contributed by atoms with Gasteiger partial charge in [-0.3, -0.25) is 4.79 Å². The Labute approximate surface area is 135 Å². The number of benzene rings is 1. The van der Waals surface area contributed by atoms with Crippen LogP contribution in [0, 0.1) is 5.92 Å². The summed E-state index contributed by atoms with van der Waals surface area (Å²) in [5.41, 5.74) is 1.41. The van der Waals surface area contributed by atoms with E-state index in [0.717, 1.165) is 18.4 Å². The van der Waals surface area contributed by atoms with E-state index in [0.29, 0.717) is 27.6 Å². The Morgan fingerprint density at radius 1 is 1.27 bits per heavy atom. The van der Waals surface area contributed by atoms with E-state index < -0.39 is 0 Å². The zero-order valence-electron chi connectivity index (χ0n) is 11.5. The van der Waals surface area contributed by atoms with E-state index in [9.17, 15) is 4.79 Å². The Balaban J connectivity index is 1.72. The van der Waals surface area contributed by atoms with Gasteiger partial charge in [-0.25, -0.2) is 9.97 Å². The van der Waals surface area contributed by atoms with Crippen LogP contribution in [-0.2, 0) is 4.79 Å². The smallest absolute Gasteiger partial charge is 0.231 e. The van der Waals surface area contributed by atoms with E-state index in [1.165, 1.54) is 0 Å². The zero-order chi connectivity index (χ0) is 15.1. The number of nitrogens with one attached hydrogen (secondary N) is 1. The number of rotatable bonds is 3. The van der Waals surface area contributed by atoms with Crippen LogP contribution in [0.5, 0.6) is 11.5 Å². The van der Waals surface area contributed by atoms with E-state index in [2.05, 4.69) is 31.2 Å². The molecule has 1 aliphatic carbocycles. The van der Waals surface area contributed by atoms with Crippen LogP contribution < -0.4 is 14.8 Å². The standard InChI is InChI=1S/C15H12BrN3O3/c16-12-6-17-14(19-15(20)8-1-2-8)13(18-12)9-3-4-10-11(5-9)22-7-21-10/h3-6,8H,1-2,7H2,(H,17,19,20). The van der Waals surface area contributed by atoms with Crippen LogP contribution in [0.25, 0.3) is 11.3 Å². The number of halogens is 1. The Morgan fingerprint density at radius 3 is 2.91 bits per heavy atom. The highest BCUT2D eigenvalue weighted by molar-refractivity contribution is 9.10. The van der Waals surface area contributed by atoms with E-state index in [4.69, 9.17) is 9.47 Å². The third-order valence-electron chi connectivity index (χ3n) is 3.58. The van der Waals surface area contributed by atoms with Crippen molar-refractivity contribution >= 4 is 27.7 Å². The lowest BCUT2D eigenvalue weighted by Gasteiger charge is -2.10. The van der Waals surface area contributed by atoms with Crippen LogP contribution in [0.15, 0.2) is 29.0 Å². The molecule has 0 saturated heterocycles. The highest BCUT2D eigenvalue weighted by Gasteiger charge is 2.30. The zero-order valence-corrected chi connectivity index (χ0v) is 13.1. The molecule has 0 atom stereocenters. The first kappa shape index (κ1) is 13.5. The Hall–Kier alpha value is -2.15. The number of amides is 1.